The number of nitriles is 1. The van der Waals surface area contributed by atoms with E-state index in [0.717, 1.165) is 6.42 Å². The second-order valence-corrected chi connectivity index (χ2v) is 3.58. The first-order chi connectivity index (χ1) is 6.00. The molecule has 0 aliphatic heterocycles. The molecule has 0 spiro atoms. The van der Waals surface area contributed by atoms with Crippen LogP contribution >= 0.6 is 0 Å². The van der Waals surface area contributed by atoms with Crippen molar-refractivity contribution < 1.29 is 4.79 Å². The lowest BCUT2D eigenvalue weighted by molar-refractivity contribution is -0.128. The minimum Gasteiger partial charge on any atom is -0.352 e. The summed E-state index contributed by atoms with van der Waals surface area (Å²) in [5.74, 6) is -0.160. The third-order valence-electron chi connectivity index (χ3n) is 2.44. The van der Waals surface area contributed by atoms with Gasteiger partial charge in [0.2, 0.25) is 5.91 Å². The molecule has 0 fully saturated rings. The zero-order chi connectivity index (χ0) is 10.5. The Morgan fingerprint density at radius 1 is 1.62 bits per heavy atom. The highest BCUT2D eigenvalue weighted by atomic mass is 16.2. The van der Waals surface area contributed by atoms with E-state index in [1.165, 1.54) is 0 Å². The van der Waals surface area contributed by atoms with Crippen LogP contribution in [0, 0.1) is 16.7 Å². The Bertz CT molecular complexity index is 219. The summed E-state index contributed by atoms with van der Waals surface area (Å²) < 4.78 is 0. The smallest absolute Gasteiger partial charge is 0.240 e. The van der Waals surface area contributed by atoms with Crippen molar-refractivity contribution in [1.82, 2.24) is 5.32 Å². The largest absolute Gasteiger partial charge is 0.352 e. The Morgan fingerprint density at radius 2 is 2.15 bits per heavy atom. The van der Waals surface area contributed by atoms with Crippen LogP contribution in [-0.4, -0.2) is 11.9 Å². The molecule has 2 unspecified atom stereocenters. The average molecular weight is 182 g/mol. The molecule has 0 bridgehead atoms. The van der Waals surface area contributed by atoms with Crippen LogP contribution in [0.5, 0.6) is 0 Å². The predicted molar refractivity (Wildman–Crippen MR) is 51.9 cm³/mol. The molecule has 0 saturated carbocycles. The van der Waals surface area contributed by atoms with Crippen molar-refractivity contribution in [2.45, 2.75) is 46.6 Å². The second-order valence-electron chi connectivity index (χ2n) is 3.58. The molecule has 1 amide bonds. The van der Waals surface area contributed by atoms with Gasteiger partial charge in [0.25, 0.3) is 0 Å². The molecule has 0 aromatic heterocycles. The highest BCUT2D eigenvalue weighted by Crippen LogP contribution is 2.19. The van der Waals surface area contributed by atoms with Crippen molar-refractivity contribution in [3.05, 3.63) is 0 Å². The van der Waals surface area contributed by atoms with Gasteiger partial charge in [0, 0.05) is 6.04 Å². The van der Waals surface area contributed by atoms with Crippen molar-refractivity contribution in [2.75, 3.05) is 0 Å². The van der Waals surface area contributed by atoms with Gasteiger partial charge in [-0.1, -0.05) is 13.8 Å². The number of rotatable bonds is 4. The summed E-state index contributed by atoms with van der Waals surface area (Å²) >= 11 is 0. The van der Waals surface area contributed by atoms with Gasteiger partial charge in [0.1, 0.15) is 5.41 Å². The lowest BCUT2D eigenvalue weighted by atomic mass is 9.88. The molecule has 0 aliphatic rings. The zero-order valence-electron chi connectivity index (χ0n) is 8.85. The molecule has 0 aromatic carbocycles. The molecule has 0 saturated heterocycles. The van der Waals surface area contributed by atoms with Crippen LogP contribution in [0.15, 0.2) is 0 Å². The van der Waals surface area contributed by atoms with Crippen LogP contribution in [0.2, 0.25) is 0 Å². The summed E-state index contributed by atoms with van der Waals surface area (Å²) in [7, 11) is 0. The summed E-state index contributed by atoms with van der Waals surface area (Å²) in [4.78, 5) is 11.6. The number of nitrogens with zero attached hydrogens (tertiary/aromatic N) is 1. The molecule has 3 heteroatoms. The van der Waals surface area contributed by atoms with Crippen molar-refractivity contribution in [3.8, 4) is 6.07 Å². The zero-order valence-corrected chi connectivity index (χ0v) is 8.85. The van der Waals surface area contributed by atoms with Crippen molar-refractivity contribution in [2.24, 2.45) is 5.41 Å². The Labute approximate surface area is 80.1 Å². The Morgan fingerprint density at radius 3 is 2.46 bits per heavy atom. The van der Waals surface area contributed by atoms with E-state index in [4.69, 9.17) is 5.26 Å². The minimum atomic E-state index is -0.872. The number of carbonyl (C=O) groups excluding carboxylic acids is 1. The summed E-state index contributed by atoms with van der Waals surface area (Å²) in [6, 6.07) is 2.19. The maximum absolute atomic E-state index is 11.6. The maximum atomic E-state index is 11.6. The topological polar surface area (TPSA) is 52.9 Å². The molecular weight excluding hydrogens is 164 g/mol. The van der Waals surface area contributed by atoms with E-state index in [9.17, 15) is 4.79 Å². The van der Waals surface area contributed by atoms with Gasteiger partial charge in [-0.3, -0.25) is 4.79 Å². The van der Waals surface area contributed by atoms with E-state index >= 15 is 0 Å². The molecule has 1 N–H and O–H groups in total. The first kappa shape index (κ1) is 12.0. The van der Waals surface area contributed by atoms with E-state index in [1.807, 2.05) is 26.8 Å². The molecule has 0 aromatic rings. The molecule has 0 aliphatic carbocycles. The van der Waals surface area contributed by atoms with E-state index in [-0.39, 0.29) is 11.9 Å². The summed E-state index contributed by atoms with van der Waals surface area (Å²) in [5, 5.41) is 11.6. The summed E-state index contributed by atoms with van der Waals surface area (Å²) in [6.07, 6.45) is 1.43. The number of hydrogen-bond acceptors (Lipinski definition) is 2. The molecule has 0 rings (SSSR count). The molecule has 74 valence electrons. The predicted octanol–water partition coefficient (Wildman–Crippen LogP) is 1.84. The minimum absolute atomic E-state index is 0.145. The monoisotopic (exact) mass is 182 g/mol. The van der Waals surface area contributed by atoms with Crippen LogP contribution in [0.4, 0.5) is 0 Å². The Kier molecular flexibility index (Phi) is 4.47. The summed E-state index contributed by atoms with van der Waals surface area (Å²) in [6.45, 7) is 7.45. The lowest BCUT2D eigenvalue weighted by Gasteiger charge is -2.21. The fraction of sp³-hybridized carbons (Fsp3) is 0.800. The van der Waals surface area contributed by atoms with Crippen molar-refractivity contribution >= 4 is 5.91 Å². The quantitative estimate of drug-likeness (QED) is 0.721. The molecule has 3 nitrogen and oxygen atoms in total. The van der Waals surface area contributed by atoms with E-state index in [2.05, 4.69) is 5.32 Å². The van der Waals surface area contributed by atoms with Crippen LogP contribution < -0.4 is 5.32 Å². The normalized spacial score (nSPS) is 16.8. The second kappa shape index (κ2) is 4.86. The summed E-state index contributed by atoms with van der Waals surface area (Å²) in [5.41, 5.74) is -0.872. The van der Waals surface area contributed by atoms with Gasteiger partial charge >= 0.3 is 0 Å². The van der Waals surface area contributed by atoms with Gasteiger partial charge in [-0.05, 0) is 26.7 Å². The first-order valence-corrected chi connectivity index (χ1v) is 4.72. The SMILES string of the molecule is CCC(C)NC(=O)C(C)(C#N)CC. The van der Waals surface area contributed by atoms with Crippen molar-refractivity contribution in [3.63, 3.8) is 0 Å². The Hall–Kier alpha value is -1.04. The van der Waals surface area contributed by atoms with Gasteiger partial charge in [-0.2, -0.15) is 5.26 Å². The number of amides is 1. The van der Waals surface area contributed by atoms with Crippen LogP contribution in [0.1, 0.15) is 40.5 Å². The van der Waals surface area contributed by atoms with Crippen molar-refractivity contribution in [1.29, 1.82) is 5.26 Å². The van der Waals surface area contributed by atoms with Gasteiger partial charge in [-0.25, -0.2) is 0 Å². The van der Waals surface area contributed by atoms with Gasteiger partial charge in [0.15, 0.2) is 0 Å². The molecular formula is C10H18N2O. The number of hydrogen-bond donors (Lipinski definition) is 1. The van der Waals surface area contributed by atoms with Gasteiger partial charge in [-0.15, -0.1) is 0 Å². The third-order valence-corrected chi connectivity index (χ3v) is 2.44. The van der Waals surface area contributed by atoms with E-state index < -0.39 is 5.41 Å². The third kappa shape index (κ3) is 3.06. The van der Waals surface area contributed by atoms with E-state index in [0.29, 0.717) is 6.42 Å². The van der Waals surface area contributed by atoms with Crippen LogP contribution in [-0.2, 0) is 4.79 Å². The van der Waals surface area contributed by atoms with E-state index in [1.54, 1.807) is 6.92 Å². The number of carbonyl (C=O) groups is 1. The fourth-order valence-corrected chi connectivity index (χ4v) is 0.776. The molecule has 0 radical (unpaired) electrons. The maximum Gasteiger partial charge on any atom is 0.240 e. The molecule has 2 atom stereocenters. The first-order valence-electron chi connectivity index (χ1n) is 4.72. The molecule has 13 heavy (non-hydrogen) atoms. The van der Waals surface area contributed by atoms with Crippen LogP contribution in [0.3, 0.4) is 0 Å². The fourth-order valence-electron chi connectivity index (χ4n) is 0.776. The molecule has 0 heterocycles. The Balaban J connectivity index is 4.34. The standard InChI is InChI=1S/C10H18N2O/c1-5-8(3)12-9(13)10(4,6-2)7-11/h8H,5-6H2,1-4H3,(H,12,13). The van der Waals surface area contributed by atoms with Gasteiger partial charge in [0.05, 0.1) is 6.07 Å². The highest BCUT2D eigenvalue weighted by Gasteiger charge is 2.31. The average Bonchev–Trinajstić information content (AvgIpc) is 2.16. The van der Waals surface area contributed by atoms with Crippen LogP contribution in [0.25, 0.3) is 0 Å². The van der Waals surface area contributed by atoms with Gasteiger partial charge < -0.3 is 5.32 Å². The highest BCUT2D eigenvalue weighted by molar-refractivity contribution is 5.85. The number of nitrogens with one attached hydrogen (secondary N) is 1. The lowest BCUT2D eigenvalue weighted by Crippen LogP contribution is -2.42.